The van der Waals surface area contributed by atoms with Crippen molar-refractivity contribution in [2.45, 2.75) is 416 Å². The maximum absolute atomic E-state index is 13.0. The molecule has 1 aliphatic rings. The van der Waals surface area contributed by atoms with Crippen molar-refractivity contribution in [1.82, 2.24) is 5.32 Å². The average molecular weight is 1230 g/mol. The van der Waals surface area contributed by atoms with Crippen LogP contribution in [0, 0.1) is 0 Å². The first kappa shape index (κ1) is 82.9. The summed E-state index contributed by atoms with van der Waals surface area (Å²) in [5.41, 5.74) is 0. The molecule has 0 bridgehead atoms. The summed E-state index contributed by atoms with van der Waals surface area (Å²) in [6, 6.07) is -0.806. The molecule has 0 radical (unpaired) electrons. The number of unbranched alkanes of at least 4 members (excludes halogenated alkanes) is 49. The second-order valence-corrected chi connectivity index (χ2v) is 26.3. The molecule has 0 spiro atoms. The SMILES string of the molecule is CCCCC/C=C\CCCCCCCC(=O)OCCCCCCCCCCCCCCCCCC/C=C\CCCCCCCCCCCCCCCCCCCC(=O)NC(COC1OC(CO)C(O)C(O)C1O)C(O)/C=C/CCCCCCCCCC. The van der Waals surface area contributed by atoms with E-state index in [4.69, 9.17) is 14.2 Å². The Morgan fingerprint density at radius 2 is 0.736 bits per heavy atom. The number of esters is 1. The number of ether oxygens (including phenoxy) is 3. The molecule has 1 saturated heterocycles. The van der Waals surface area contributed by atoms with Gasteiger partial charge in [0, 0.05) is 12.8 Å². The van der Waals surface area contributed by atoms with Gasteiger partial charge in [-0.05, 0) is 83.5 Å². The lowest BCUT2D eigenvalue weighted by molar-refractivity contribution is -0.302. The van der Waals surface area contributed by atoms with Crippen LogP contribution >= 0.6 is 0 Å². The number of carbonyl (C=O) groups is 2. The number of amides is 1. The Labute approximate surface area is 536 Å². The van der Waals surface area contributed by atoms with E-state index in [9.17, 15) is 35.1 Å². The lowest BCUT2D eigenvalue weighted by Gasteiger charge is -2.40. The fourth-order valence-corrected chi connectivity index (χ4v) is 12.0. The number of allylic oxidation sites excluding steroid dienone is 5. The van der Waals surface area contributed by atoms with Crippen LogP contribution in [0.5, 0.6) is 0 Å². The van der Waals surface area contributed by atoms with E-state index >= 15 is 0 Å². The average Bonchev–Trinajstić information content (AvgIpc) is 2.82. The van der Waals surface area contributed by atoms with Crippen LogP contribution in [0.1, 0.15) is 373 Å². The minimum Gasteiger partial charge on any atom is -0.466 e. The van der Waals surface area contributed by atoms with Gasteiger partial charge in [-0.1, -0.05) is 314 Å². The predicted molar refractivity (Wildman–Crippen MR) is 366 cm³/mol. The molecule has 7 atom stereocenters. The first-order valence-corrected chi connectivity index (χ1v) is 37.8. The second kappa shape index (κ2) is 65.4. The van der Waals surface area contributed by atoms with Gasteiger partial charge in [0.1, 0.15) is 24.4 Å². The third kappa shape index (κ3) is 54.2. The highest BCUT2D eigenvalue weighted by Crippen LogP contribution is 2.24. The summed E-state index contributed by atoms with van der Waals surface area (Å²) in [5, 5.41) is 54.4. The van der Waals surface area contributed by atoms with Gasteiger partial charge < -0.3 is 45.1 Å². The first-order valence-electron chi connectivity index (χ1n) is 37.8. The van der Waals surface area contributed by atoms with Crippen LogP contribution in [0.2, 0.25) is 0 Å². The van der Waals surface area contributed by atoms with Crippen molar-refractivity contribution in [1.29, 1.82) is 0 Å². The predicted octanol–water partition coefficient (Wildman–Crippen LogP) is 19.7. The van der Waals surface area contributed by atoms with Crippen LogP contribution in [0.3, 0.4) is 0 Å². The molecule has 1 heterocycles. The Morgan fingerprint density at radius 3 is 1.13 bits per heavy atom. The molecule has 6 N–H and O–H groups in total. The lowest BCUT2D eigenvalue weighted by Crippen LogP contribution is -2.60. The van der Waals surface area contributed by atoms with E-state index in [0.29, 0.717) is 19.4 Å². The summed E-state index contributed by atoms with van der Waals surface area (Å²) < 4.78 is 16.7. The van der Waals surface area contributed by atoms with E-state index in [1.807, 2.05) is 6.08 Å². The summed E-state index contributed by atoms with van der Waals surface area (Å²) in [5.74, 6) is -0.172. The molecule has 1 rings (SSSR count). The molecule has 7 unspecified atom stereocenters. The molecule has 11 heteroatoms. The van der Waals surface area contributed by atoms with E-state index in [-0.39, 0.29) is 18.5 Å². The third-order valence-electron chi connectivity index (χ3n) is 18.0. The highest BCUT2D eigenvalue weighted by molar-refractivity contribution is 5.76. The lowest BCUT2D eigenvalue weighted by atomic mass is 9.99. The van der Waals surface area contributed by atoms with Gasteiger partial charge in [0.15, 0.2) is 6.29 Å². The molecule has 1 fully saturated rings. The number of hydrogen-bond donors (Lipinski definition) is 6. The van der Waals surface area contributed by atoms with Crippen LogP contribution in [0.4, 0.5) is 0 Å². The summed E-state index contributed by atoms with van der Waals surface area (Å²) in [4.78, 5) is 25.1. The van der Waals surface area contributed by atoms with E-state index in [1.165, 1.54) is 289 Å². The fourth-order valence-electron chi connectivity index (χ4n) is 12.0. The van der Waals surface area contributed by atoms with Crippen LogP contribution in [-0.2, 0) is 23.8 Å². The largest absolute Gasteiger partial charge is 0.466 e. The minimum atomic E-state index is -1.57. The highest BCUT2D eigenvalue weighted by Gasteiger charge is 2.44. The molecule has 0 aliphatic carbocycles. The van der Waals surface area contributed by atoms with Gasteiger partial charge in [0.2, 0.25) is 5.91 Å². The topological polar surface area (TPSA) is 175 Å². The van der Waals surface area contributed by atoms with Gasteiger partial charge in [-0.3, -0.25) is 9.59 Å². The summed E-state index contributed by atoms with van der Waals surface area (Å²) in [6.45, 7) is 4.34. The van der Waals surface area contributed by atoms with Crippen molar-refractivity contribution < 1.29 is 49.3 Å². The van der Waals surface area contributed by atoms with Crippen LogP contribution in [0.25, 0.3) is 0 Å². The van der Waals surface area contributed by atoms with Crippen molar-refractivity contribution in [2.75, 3.05) is 19.8 Å². The number of nitrogens with one attached hydrogen (secondary N) is 1. The molecule has 0 aromatic rings. The minimum absolute atomic E-state index is 0.00541. The monoisotopic (exact) mass is 1230 g/mol. The standard InChI is InChI=1S/C76H143NO10/c1-3-5-7-9-11-13-15-44-48-52-56-60-64-72(81)85-65-61-57-53-49-45-42-40-38-36-34-32-30-28-26-24-22-20-18-16-17-19-21-23-25-27-29-31-33-35-37-39-41-43-47-51-55-59-63-71(80)77-68(67-86-76-75(84)74(83)73(82)70(66-78)87-76)69(79)62-58-54-50-46-14-12-10-8-6-4-2/h11,13,16,18,58,62,68-70,73-76,78-79,82-84H,3-10,12,14-15,17,19-57,59-61,63-67H2,1-2H3,(H,77,80)/b13-11-,18-16-,62-58+. The number of aliphatic hydroxyl groups excluding tert-OH is 5. The van der Waals surface area contributed by atoms with E-state index in [0.717, 1.165) is 57.8 Å². The van der Waals surface area contributed by atoms with Crippen LogP contribution < -0.4 is 5.32 Å². The molecule has 11 nitrogen and oxygen atoms in total. The summed E-state index contributed by atoms with van der Waals surface area (Å²) in [6.07, 6.45) is 74.6. The number of hydrogen-bond acceptors (Lipinski definition) is 10. The maximum atomic E-state index is 13.0. The quantitative estimate of drug-likeness (QED) is 0.0195. The molecule has 0 saturated carbocycles. The molecular weight excluding hydrogens is 1090 g/mol. The Bertz CT molecular complexity index is 1540. The molecule has 512 valence electrons. The zero-order valence-electron chi connectivity index (χ0n) is 57.0. The highest BCUT2D eigenvalue weighted by atomic mass is 16.7. The Morgan fingerprint density at radius 1 is 0.414 bits per heavy atom. The van der Waals surface area contributed by atoms with Gasteiger partial charge in [0.05, 0.1) is 32.0 Å². The third-order valence-corrected chi connectivity index (χ3v) is 18.0. The molecule has 1 aliphatic heterocycles. The Hall–Kier alpha value is -2.12. The van der Waals surface area contributed by atoms with E-state index in [2.05, 4.69) is 43.5 Å². The van der Waals surface area contributed by atoms with Crippen molar-refractivity contribution in [2.24, 2.45) is 0 Å². The Kier molecular flexibility index (Phi) is 62.3. The van der Waals surface area contributed by atoms with Gasteiger partial charge in [-0.2, -0.15) is 0 Å². The summed E-state index contributed by atoms with van der Waals surface area (Å²) in [7, 11) is 0. The van der Waals surface area contributed by atoms with Crippen LogP contribution in [-0.4, -0.2) is 100 Å². The Balaban J connectivity index is 1.88. The zero-order chi connectivity index (χ0) is 63.0. The van der Waals surface area contributed by atoms with Gasteiger partial charge in [-0.25, -0.2) is 0 Å². The van der Waals surface area contributed by atoms with Gasteiger partial charge in [0.25, 0.3) is 0 Å². The smallest absolute Gasteiger partial charge is 0.305 e. The maximum Gasteiger partial charge on any atom is 0.305 e. The molecule has 0 aromatic heterocycles. The molecular formula is C76H143NO10. The van der Waals surface area contributed by atoms with Crippen molar-refractivity contribution >= 4 is 11.9 Å². The normalized spacial score (nSPS) is 18.0. The van der Waals surface area contributed by atoms with Crippen molar-refractivity contribution in [3.63, 3.8) is 0 Å². The van der Waals surface area contributed by atoms with Gasteiger partial charge in [-0.15, -0.1) is 0 Å². The van der Waals surface area contributed by atoms with Gasteiger partial charge >= 0.3 is 5.97 Å². The molecule has 87 heavy (non-hydrogen) atoms. The fraction of sp³-hybridized carbons (Fsp3) is 0.895. The van der Waals surface area contributed by atoms with Crippen molar-refractivity contribution in [3.05, 3.63) is 36.5 Å². The number of carbonyl (C=O) groups excluding carboxylic acids is 2. The van der Waals surface area contributed by atoms with Crippen molar-refractivity contribution in [3.8, 4) is 0 Å². The molecule has 1 amide bonds. The molecule has 0 aromatic carbocycles. The zero-order valence-corrected chi connectivity index (χ0v) is 57.0. The van der Waals surface area contributed by atoms with Crippen LogP contribution in [0.15, 0.2) is 36.5 Å². The number of rotatable bonds is 67. The van der Waals surface area contributed by atoms with E-state index < -0.39 is 49.5 Å². The first-order chi connectivity index (χ1) is 42.7. The van der Waals surface area contributed by atoms with E-state index in [1.54, 1.807) is 6.08 Å². The number of aliphatic hydroxyl groups is 5. The second-order valence-electron chi connectivity index (χ2n) is 26.3. The summed E-state index contributed by atoms with van der Waals surface area (Å²) >= 11 is 0.